The second-order valence-electron chi connectivity index (χ2n) is 11.6. The van der Waals surface area contributed by atoms with Crippen LogP contribution in [-0.4, -0.2) is 63.1 Å². The second kappa shape index (κ2) is 9.88. The van der Waals surface area contributed by atoms with Gasteiger partial charge in [-0.25, -0.2) is 0 Å². The number of aromatic nitrogens is 3. The molecule has 3 fully saturated rings. The van der Waals surface area contributed by atoms with Gasteiger partial charge in [-0.15, -0.1) is 0 Å². The minimum Gasteiger partial charge on any atom is -0.481 e. The molecule has 1 saturated carbocycles. The van der Waals surface area contributed by atoms with Crippen molar-refractivity contribution >= 4 is 52.0 Å². The molecule has 0 spiro atoms. The number of nitrogens with zero attached hydrogens (tertiary/aromatic N) is 4. The van der Waals surface area contributed by atoms with Gasteiger partial charge in [-0.1, -0.05) is 29.3 Å². The summed E-state index contributed by atoms with van der Waals surface area (Å²) in [5, 5.41) is 15.2. The molecule has 1 aliphatic carbocycles. The predicted molar refractivity (Wildman–Crippen MR) is 151 cm³/mol. The molecule has 0 bridgehead atoms. The first-order chi connectivity index (χ1) is 18.2. The SMILES string of the molecule is C[C@@H](Nc1nc(N2CC([C@H]3CCCN([C@H]4C[C@](C)(C(=O)O)C4)C3)C2)nc2[nH]ccc12)c1ccc(Cl)cc1Cl. The van der Waals surface area contributed by atoms with Gasteiger partial charge >= 0.3 is 5.97 Å². The van der Waals surface area contributed by atoms with Crippen LogP contribution in [0.1, 0.15) is 51.1 Å². The molecule has 202 valence electrons. The molecular weight excluding hydrogens is 523 g/mol. The first kappa shape index (κ1) is 25.7. The molecule has 3 aliphatic rings. The molecule has 8 nitrogen and oxygen atoms in total. The first-order valence-electron chi connectivity index (χ1n) is 13.5. The molecule has 3 aromatic rings. The highest BCUT2D eigenvalue weighted by atomic mass is 35.5. The number of likely N-dealkylation sites (tertiary alicyclic amines) is 1. The third-order valence-electron chi connectivity index (χ3n) is 8.94. The number of hydrogen-bond donors (Lipinski definition) is 3. The molecule has 2 atom stereocenters. The number of anilines is 2. The van der Waals surface area contributed by atoms with Gasteiger partial charge in [0, 0.05) is 41.9 Å². The maximum Gasteiger partial charge on any atom is 0.309 e. The smallest absolute Gasteiger partial charge is 0.309 e. The Bertz CT molecular complexity index is 1350. The molecule has 2 aliphatic heterocycles. The molecule has 38 heavy (non-hydrogen) atoms. The minimum absolute atomic E-state index is 0.0625. The molecule has 2 saturated heterocycles. The number of piperidine rings is 1. The third kappa shape index (κ3) is 4.71. The lowest BCUT2D eigenvalue weighted by molar-refractivity contribution is -0.158. The van der Waals surface area contributed by atoms with E-state index in [-0.39, 0.29) is 6.04 Å². The summed E-state index contributed by atoms with van der Waals surface area (Å²) in [6.45, 7) is 7.99. The van der Waals surface area contributed by atoms with Crippen LogP contribution in [0.3, 0.4) is 0 Å². The van der Waals surface area contributed by atoms with Gasteiger partial charge in [0.25, 0.3) is 0 Å². The van der Waals surface area contributed by atoms with E-state index >= 15 is 0 Å². The Morgan fingerprint density at radius 2 is 1.97 bits per heavy atom. The summed E-state index contributed by atoms with van der Waals surface area (Å²) in [6.07, 6.45) is 5.85. The van der Waals surface area contributed by atoms with Crippen molar-refractivity contribution in [3.63, 3.8) is 0 Å². The monoisotopic (exact) mass is 556 g/mol. The van der Waals surface area contributed by atoms with E-state index in [9.17, 15) is 9.90 Å². The molecule has 1 aromatic carbocycles. The van der Waals surface area contributed by atoms with E-state index in [1.54, 1.807) is 6.07 Å². The first-order valence-corrected chi connectivity index (χ1v) is 14.2. The van der Waals surface area contributed by atoms with Crippen LogP contribution in [0.15, 0.2) is 30.5 Å². The Morgan fingerprint density at radius 1 is 1.18 bits per heavy atom. The average Bonchev–Trinajstić information content (AvgIpc) is 3.30. The van der Waals surface area contributed by atoms with Gasteiger partial charge in [0.15, 0.2) is 0 Å². The Morgan fingerprint density at radius 3 is 2.71 bits per heavy atom. The van der Waals surface area contributed by atoms with Gasteiger partial charge in [0.1, 0.15) is 11.5 Å². The van der Waals surface area contributed by atoms with Gasteiger partial charge in [-0.3, -0.25) is 4.79 Å². The maximum atomic E-state index is 11.5. The van der Waals surface area contributed by atoms with E-state index in [0.717, 1.165) is 67.4 Å². The zero-order valence-electron chi connectivity index (χ0n) is 21.8. The minimum atomic E-state index is -0.657. The number of H-pyrrole nitrogens is 1. The third-order valence-corrected chi connectivity index (χ3v) is 9.50. The molecule has 10 heteroatoms. The predicted octanol–water partition coefficient (Wildman–Crippen LogP) is 5.84. The van der Waals surface area contributed by atoms with Crippen molar-refractivity contribution in [3.05, 3.63) is 46.1 Å². The topological polar surface area (TPSA) is 97.4 Å². The Labute approximate surface area is 232 Å². The summed E-state index contributed by atoms with van der Waals surface area (Å²) in [4.78, 5) is 29.3. The van der Waals surface area contributed by atoms with Crippen LogP contribution in [0.2, 0.25) is 10.0 Å². The molecule has 0 unspecified atom stereocenters. The van der Waals surface area contributed by atoms with Gasteiger partial charge in [0.05, 0.1) is 16.8 Å². The molecular formula is C28H34Cl2N6O2. The van der Waals surface area contributed by atoms with Crippen LogP contribution in [0.25, 0.3) is 11.0 Å². The van der Waals surface area contributed by atoms with Crippen molar-refractivity contribution in [3.8, 4) is 0 Å². The average molecular weight is 558 g/mol. The molecule has 0 radical (unpaired) electrons. The Hall–Kier alpha value is -2.55. The van der Waals surface area contributed by atoms with Crippen LogP contribution < -0.4 is 10.2 Å². The van der Waals surface area contributed by atoms with Crippen LogP contribution >= 0.6 is 23.2 Å². The second-order valence-corrected chi connectivity index (χ2v) is 12.5. The standard InChI is InChI=1S/C28H34Cl2N6O2/c1-16(21-6-5-19(29)10-23(21)30)32-25-22-7-8-31-24(22)33-27(34-25)36-14-18(15-36)17-4-3-9-35(13-17)20-11-28(2,12-20)26(37)38/h5-8,10,16-18,20H,3-4,9,11-15H2,1-2H3,(H,37,38)(H2,31,32,33,34)/t16-,17+,20-,28-/m1/s1. The lowest BCUT2D eigenvalue weighted by Crippen LogP contribution is -2.58. The number of fused-ring (bicyclic) bond motifs is 1. The van der Waals surface area contributed by atoms with E-state index in [4.69, 9.17) is 33.2 Å². The van der Waals surface area contributed by atoms with Gasteiger partial charge in [-0.05, 0) is 81.7 Å². The number of nitrogens with one attached hydrogen (secondary N) is 2. The number of aliphatic carboxylic acids is 1. The van der Waals surface area contributed by atoms with E-state index < -0.39 is 11.4 Å². The number of hydrogen-bond acceptors (Lipinski definition) is 6. The van der Waals surface area contributed by atoms with Crippen LogP contribution in [0, 0.1) is 17.3 Å². The Balaban J connectivity index is 1.11. The van der Waals surface area contributed by atoms with E-state index in [1.165, 1.54) is 12.8 Å². The molecule has 0 amide bonds. The van der Waals surface area contributed by atoms with Crippen LogP contribution in [-0.2, 0) is 4.79 Å². The van der Waals surface area contributed by atoms with Crippen molar-refractivity contribution in [2.75, 3.05) is 36.4 Å². The number of halogens is 2. The number of carbonyl (C=O) groups is 1. The highest BCUT2D eigenvalue weighted by Gasteiger charge is 2.49. The summed E-state index contributed by atoms with van der Waals surface area (Å²) in [5.41, 5.74) is 1.23. The van der Waals surface area contributed by atoms with Crippen molar-refractivity contribution in [2.45, 2.75) is 51.6 Å². The number of aromatic amines is 1. The quantitative estimate of drug-likeness (QED) is 0.336. The summed E-state index contributed by atoms with van der Waals surface area (Å²) in [5.74, 6) is 2.10. The summed E-state index contributed by atoms with van der Waals surface area (Å²) in [6, 6.07) is 7.89. The Kier molecular flexibility index (Phi) is 6.69. The number of benzene rings is 1. The van der Waals surface area contributed by atoms with Crippen molar-refractivity contribution in [1.82, 2.24) is 19.9 Å². The van der Waals surface area contributed by atoms with Crippen molar-refractivity contribution in [2.24, 2.45) is 17.3 Å². The summed E-state index contributed by atoms with van der Waals surface area (Å²) < 4.78 is 0. The van der Waals surface area contributed by atoms with E-state index in [1.807, 2.05) is 31.3 Å². The van der Waals surface area contributed by atoms with Gasteiger partial charge in [-0.2, -0.15) is 9.97 Å². The summed E-state index contributed by atoms with van der Waals surface area (Å²) in [7, 11) is 0. The number of carboxylic acid groups (broad SMARTS) is 1. The highest BCUT2D eigenvalue weighted by Crippen LogP contribution is 2.45. The fourth-order valence-corrected chi connectivity index (χ4v) is 7.03. The molecule has 4 heterocycles. The highest BCUT2D eigenvalue weighted by molar-refractivity contribution is 6.35. The zero-order valence-corrected chi connectivity index (χ0v) is 23.3. The van der Waals surface area contributed by atoms with Crippen molar-refractivity contribution in [1.29, 1.82) is 0 Å². The van der Waals surface area contributed by atoms with E-state index in [0.29, 0.717) is 27.9 Å². The fourth-order valence-electron chi connectivity index (χ4n) is 6.46. The fraction of sp³-hybridized carbons (Fsp3) is 0.536. The van der Waals surface area contributed by atoms with Gasteiger partial charge in [0.2, 0.25) is 5.95 Å². The number of rotatable bonds is 7. The zero-order chi connectivity index (χ0) is 26.6. The van der Waals surface area contributed by atoms with Gasteiger partial charge < -0.3 is 25.2 Å². The van der Waals surface area contributed by atoms with E-state index in [2.05, 4.69) is 27.0 Å². The maximum absolute atomic E-state index is 11.5. The van der Waals surface area contributed by atoms with Crippen molar-refractivity contribution < 1.29 is 9.90 Å². The van der Waals surface area contributed by atoms with Crippen LogP contribution in [0.5, 0.6) is 0 Å². The molecule has 2 aromatic heterocycles. The summed E-state index contributed by atoms with van der Waals surface area (Å²) >= 11 is 12.5. The lowest BCUT2D eigenvalue weighted by Gasteiger charge is -2.52. The molecule has 6 rings (SSSR count). The number of carboxylic acids is 1. The normalized spacial score (nSPS) is 27.1. The molecule has 3 N–H and O–H groups in total. The van der Waals surface area contributed by atoms with Crippen LogP contribution in [0.4, 0.5) is 11.8 Å². The lowest BCUT2D eigenvalue weighted by atomic mass is 9.65. The largest absolute Gasteiger partial charge is 0.481 e.